The van der Waals surface area contributed by atoms with E-state index in [1.54, 1.807) is 12.1 Å². The van der Waals surface area contributed by atoms with Gasteiger partial charge in [-0.3, -0.25) is 10.8 Å². The summed E-state index contributed by atoms with van der Waals surface area (Å²) >= 11 is 5.35. The molecule has 0 aliphatic carbocycles. The fourth-order valence-corrected chi connectivity index (χ4v) is 1.01. The Morgan fingerprint density at radius 2 is 2.29 bits per heavy atom. The number of aromatic nitrogens is 2. The van der Waals surface area contributed by atoms with Crippen LogP contribution in [0.1, 0.15) is 6.42 Å². The maximum Gasteiger partial charge on any atom is 1.00 e. The Hall–Kier alpha value is -1.15. The first-order valence-electron chi connectivity index (χ1n) is 4.42. The summed E-state index contributed by atoms with van der Waals surface area (Å²) in [6.45, 7) is 5.62. The summed E-state index contributed by atoms with van der Waals surface area (Å²) in [6.07, 6.45) is 2.93. The standard InChI is InChI=1S/C6H6N2O.C4H2ClN2.Li/c1-4-5(7)2-3-8-6(4)9;5-4-2-1-3-6-7-4;/h1H,2-3H2,(H,8,9);1-2H;/q-2;-1;+1. The molecule has 1 fully saturated rings. The molecule has 1 amide bonds. The molecule has 5 nitrogen and oxygen atoms in total. The van der Waals surface area contributed by atoms with E-state index in [1.807, 2.05) is 0 Å². The molecule has 0 spiro atoms. The predicted molar refractivity (Wildman–Crippen MR) is 59.7 cm³/mol. The van der Waals surface area contributed by atoms with Crippen LogP contribution < -0.4 is 24.2 Å². The van der Waals surface area contributed by atoms with E-state index < -0.39 is 0 Å². The predicted octanol–water partition coefficient (Wildman–Crippen LogP) is -2.19. The van der Waals surface area contributed by atoms with E-state index >= 15 is 0 Å². The van der Waals surface area contributed by atoms with Gasteiger partial charge in [0.25, 0.3) is 0 Å². The van der Waals surface area contributed by atoms with Gasteiger partial charge in [-0.25, -0.2) is 12.6 Å². The minimum Gasteiger partial charge on any atom is -0.876 e. The number of halogens is 1. The van der Waals surface area contributed by atoms with Crippen molar-refractivity contribution >= 4 is 23.2 Å². The first kappa shape index (κ1) is 15.8. The van der Waals surface area contributed by atoms with Crippen LogP contribution in [0.4, 0.5) is 0 Å². The average molecular weight is 243 g/mol. The molecule has 0 aromatic carbocycles. The molecule has 84 valence electrons. The van der Waals surface area contributed by atoms with Gasteiger partial charge < -0.3 is 15.5 Å². The van der Waals surface area contributed by atoms with Crippen molar-refractivity contribution in [2.24, 2.45) is 0 Å². The van der Waals surface area contributed by atoms with Crippen LogP contribution >= 0.6 is 11.6 Å². The van der Waals surface area contributed by atoms with Gasteiger partial charge in [-0.1, -0.05) is 18.0 Å². The molecule has 17 heavy (non-hydrogen) atoms. The quantitative estimate of drug-likeness (QED) is 0.319. The van der Waals surface area contributed by atoms with Gasteiger partial charge in [-0.15, -0.1) is 6.20 Å². The number of carbonyl (C=O) groups is 1. The zero-order valence-corrected chi connectivity index (χ0v) is 10.0. The number of rotatable bonds is 0. The van der Waals surface area contributed by atoms with Crippen LogP contribution in [0.15, 0.2) is 17.7 Å². The monoisotopic (exact) mass is 242 g/mol. The number of nitrogens with zero attached hydrogens (tertiary/aromatic N) is 3. The molecule has 1 aliphatic heterocycles. The molecule has 2 rings (SSSR count). The van der Waals surface area contributed by atoms with Crippen LogP contribution in [0.25, 0.3) is 5.41 Å². The van der Waals surface area contributed by atoms with Crippen LogP contribution in [-0.4, -0.2) is 28.4 Å². The molecule has 0 atom stereocenters. The fourth-order valence-electron chi connectivity index (χ4n) is 0.905. The van der Waals surface area contributed by atoms with Crippen LogP contribution in [0, 0.1) is 12.8 Å². The van der Waals surface area contributed by atoms with Crippen LogP contribution in [0.5, 0.6) is 0 Å². The maximum atomic E-state index is 10.6. The van der Waals surface area contributed by atoms with E-state index in [2.05, 4.69) is 21.7 Å². The summed E-state index contributed by atoms with van der Waals surface area (Å²) in [5.41, 5.74) is -0.0556. The molecule has 1 saturated heterocycles. The van der Waals surface area contributed by atoms with Crippen molar-refractivity contribution in [3.8, 4) is 0 Å². The van der Waals surface area contributed by atoms with Gasteiger partial charge in [0, 0.05) is 0 Å². The number of piperidine rings is 1. The Kier molecular flexibility index (Phi) is 7.47. The minimum atomic E-state index is -0.376. The smallest absolute Gasteiger partial charge is 0.876 e. The fraction of sp³-hybridized carbons (Fsp3) is 0.200. The summed E-state index contributed by atoms with van der Waals surface area (Å²) in [7, 11) is 0. The van der Waals surface area contributed by atoms with Crippen molar-refractivity contribution in [2.75, 3.05) is 6.54 Å². The third kappa shape index (κ3) is 5.64. The summed E-state index contributed by atoms with van der Waals surface area (Å²) in [5.74, 6) is -0.376. The van der Waals surface area contributed by atoms with E-state index in [0.29, 0.717) is 18.1 Å². The van der Waals surface area contributed by atoms with Crippen molar-refractivity contribution in [3.05, 3.63) is 41.0 Å². The number of hydrogen-bond acceptors (Lipinski definition) is 3. The molecule has 0 unspecified atom stereocenters. The summed E-state index contributed by atoms with van der Waals surface area (Å²) in [6, 6.07) is 3.23. The Bertz CT molecular complexity index is 392. The number of amides is 1. The average Bonchev–Trinajstić information content (AvgIpc) is 2.28. The largest absolute Gasteiger partial charge is 1.00 e. The van der Waals surface area contributed by atoms with Gasteiger partial charge >= 0.3 is 18.9 Å². The molecular weight excluding hydrogens is 235 g/mol. The maximum absolute atomic E-state index is 10.6. The van der Waals surface area contributed by atoms with Crippen LogP contribution in [0.2, 0.25) is 5.15 Å². The molecule has 1 aromatic heterocycles. The van der Waals surface area contributed by atoms with Crippen LogP contribution in [0.3, 0.4) is 0 Å². The summed E-state index contributed by atoms with van der Waals surface area (Å²) < 4.78 is 0. The number of hydrogen-bond donors (Lipinski definition) is 1. The molecule has 1 N–H and O–H groups in total. The Morgan fingerprint density at radius 1 is 1.59 bits per heavy atom. The Balaban J connectivity index is 0.000000292. The minimum absolute atomic E-state index is 0. The van der Waals surface area contributed by atoms with Crippen molar-refractivity contribution in [2.45, 2.75) is 6.42 Å². The molecular formula is C10H8ClLiN4O-2. The topological polar surface area (TPSA) is 77.2 Å². The summed E-state index contributed by atoms with van der Waals surface area (Å²) in [4.78, 5) is 10.6. The van der Waals surface area contributed by atoms with Gasteiger partial charge in [0.1, 0.15) is 5.91 Å². The van der Waals surface area contributed by atoms with Crippen molar-refractivity contribution < 1.29 is 23.7 Å². The van der Waals surface area contributed by atoms with Crippen molar-refractivity contribution in [1.29, 1.82) is 0 Å². The normalized spacial score (nSPS) is 14.1. The van der Waals surface area contributed by atoms with Gasteiger partial charge in [0.05, 0.1) is 5.15 Å². The second kappa shape index (κ2) is 8.01. The van der Waals surface area contributed by atoms with Gasteiger partial charge in [0.15, 0.2) is 0 Å². The Labute approximate surface area is 116 Å². The van der Waals surface area contributed by atoms with E-state index in [9.17, 15) is 4.79 Å². The second-order valence-corrected chi connectivity index (χ2v) is 3.24. The Morgan fingerprint density at radius 3 is 2.65 bits per heavy atom. The zero-order chi connectivity index (χ0) is 12.0. The molecule has 0 radical (unpaired) electrons. The van der Waals surface area contributed by atoms with Crippen LogP contribution in [-0.2, 0) is 4.79 Å². The number of carbonyl (C=O) groups excluding carboxylic acids is 1. The first-order valence-corrected chi connectivity index (χ1v) is 4.80. The van der Waals surface area contributed by atoms with Gasteiger partial charge in [-0.2, -0.15) is 16.7 Å². The van der Waals surface area contributed by atoms with E-state index in [1.165, 1.54) is 0 Å². The zero-order valence-electron chi connectivity index (χ0n) is 9.27. The van der Waals surface area contributed by atoms with E-state index in [4.69, 9.17) is 23.6 Å². The third-order valence-corrected chi connectivity index (χ3v) is 1.90. The SMILES string of the molecule is Clc1cc[c-]nn1.[CH-]=C1C(=[N-])CCNC1=O.[Li+]. The van der Waals surface area contributed by atoms with Crippen molar-refractivity contribution in [1.82, 2.24) is 15.5 Å². The van der Waals surface area contributed by atoms with Gasteiger partial charge in [0.2, 0.25) is 0 Å². The third-order valence-electron chi connectivity index (χ3n) is 1.70. The van der Waals surface area contributed by atoms with E-state index in [-0.39, 0.29) is 36.1 Å². The molecule has 7 heteroatoms. The summed E-state index contributed by atoms with van der Waals surface area (Å²) in [5, 5.41) is 18.5. The van der Waals surface area contributed by atoms with Gasteiger partial charge in [-0.05, 0) is 6.54 Å². The second-order valence-electron chi connectivity index (χ2n) is 2.85. The molecule has 2 heterocycles. The van der Waals surface area contributed by atoms with E-state index in [0.717, 1.165) is 0 Å². The van der Waals surface area contributed by atoms with Crippen molar-refractivity contribution in [3.63, 3.8) is 0 Å². The molecule has 1 aromatic rings. The molecule has 1 aliphatic rings. The molecule has 0 saturated carbocycles. The number of nitrogens with one attached hydrogen (secondary N) is 1. The first-order chi connectivity index (χ1) is 7.61. The molecule has 0 bridgehead atoms.